The summed E-state index contributed by atoms with van der Waals surface area (Å²) in [5, 5.41) is 8.23. The molecule has 0 rings (SSSR count). The van der Waals surface area contributed by atoms with Gasteiger partial charge < -0.3 is 21.3 Å². The monoisotopic (exact) mass is 284 g/mol. The number of hydrogen-bond donors (Lipinski definition) is 3. The van der Waals surface area contributed by atoms with Crippen molar-refractivity contribution in [3.63, 3.8) is 0 Å². The molecule has 0 bridgehead atoms. The minimum Gasteiger partial charge on any atom is -0.480 e. The number of carbonyl (C=O) groups is 2. The minimum absolute atomic E-state index is 0. The lowest BCUT2D eigenvalue weighted by Gasteiger charge is -2.11. The van der Waals surface area contributed by atoms with E-state index in [-0.39, 0.29) is 30.2 Å². The predicted octanol–water partition coefficient (Wildman–Crippen LogP) is 0.619. The minimum atomic E-state index is -0.931. The van der Waals surface area contributed by atoms with Crippen molar-refractivity contribution in [2.75, 3.05) is 7.11 Å². The molecular weight excluding hydrogens is 260 g/mol. The molecule has 0 radical (unpaired) electrons. The van der Waals surface area contributed by atoms with Gasteiger partial charge in [-0.25, -0.2) is 0 Å². The second-order valence-corrected chi connectivity index (χ2v) is 4.40. The Kier molecular flexibility index (Phi) is 14.0. The molecule has 0 aliphatic carbocycles. The molecule has 0 aliphatic rings. The number of esters is 1. The van der Waals surface area contributed by atoms with Crippen molar-refractivity contribution in [3.05, 3.63) is 0 Å². The van der Waals surface area contributed by atoms with E-state index in [1.807, 2.05) is 13.8 Å². The number of carboxylic acid groups (broad SMARTS) is 1. The highest BCUT2D eigenvalue weighted by Crippen LogP contribution is 1.98. The van der Waals surface area contributed by atoms with Crippen molar-refractivity contribution >= 4 is 24.3 Å². The number of methoxy groups -OCH3 is 1. The summed E-state index contributed by atoms with van der Waals surface area (Å²) < 4.78 is 4.41. The maximum absolute atomic E-state index is 10.6. The summed E-state index contributed by atoms with van der Waals surface area (Å²) in [6.07, 6.45) is 0. The lowest BCUT2D eigenvalue weighted by atomic mass is 10.1. The molecule has 0 spiro atoms. The molecule has 0 saturated carbocycles. The van der Waals surface area contributed by atoms with Crippen LogP contribution in [0.2, 0.25) is 0 Å². The van der Waals surface area contributed by atoms with Gasteiger partial charge in [0.25, 0.3) is 0 Å². The quantitative estimate of drug-likeness (QED) is 0.652. The Morgan fingerprint density at radius 1 is 1.00 bits per heavy atom. The van der Waals surface area contributed by atoms with E-state index < -0.39 is 18.1 Å². The maximum atomic E-state index is 10.6. The summed E-state index contributed by atoms with van der Waals surface area (Å²) in [7, 11) is 1.34. The van der Waals surface area contributed by atoms with Gasteiger partial charge in [-0.3, -0.25) is 9.59 Å². The first-order chi connectivity index (χ1) is 7.64. The first kappa shape index (κ1) is 22.3. The molecule has 2 unspecified atom stereocenters. The summed E-state index contributed by atoms with van der Waals surface area (Å²) in [5.41, 5.74) is 10.6. The fourth-order valence-electron chi connectivity index (χ4n) is 0.693. The van der Waals surface area contributed by atoms with Gasteiger partial charge >= 0.3 is 11.9 Å². The summed E-state index contributed by atoms with van der Waals surface area (Å²) in [6, 6.07) is -1.19. The van der Waals surface area contributed by atoms with Crippen LogP contribution in [0.4, 0.5) is 0 Å². The Morgan fingerprint density at radius 2 is 1.33 bits per heavy atom. The Balaban J connectivity index is -0.000000238. The van der Waals surface area contributed by atoms with Crippen LogP contribution >= 0.6 is 12.4 Å². The van der Waals surface area contributed by atoms with Gasteiger partial charge in [0.15, 0.2) is 0 Å². The zero-order valence-corrected chi connectivity index (χ0v) is 12.4. The van der Waals surface area contributed by atoms with Crippen LogP contribution in [-0.2, 0) is 14.3 Å². The van der Waals surface area contributed by atoms with Crippen molar-refractivity contribution in [1.82, 2.24) is 0 Å². The van der Waals surface area contributed by atoms with Crippen LogP contribution < -0.4 is 11.5 Å². The number of aliphatic carboxylic acids is 1. The second-order valence-electron chi connectivity index (χ2n) is 4.40. The van der Waals surface area contributed by atoms with Crippen molar-refractivity contribution < 1.29 is 19.4 Å². The predicted molar refractivity (Wildman–Crippen MR) is 72.5 cm³/mol. The van der Waals surface area contributed by atoms with E-state index in [0.29, 0.717) is 0 Å². The Bertz CT molecular complexity index is 247. The molecule has 6 nitrogen and oxygen atoms in total. The fraction of sp³-hybridized carbons (Fsp3) is 0.818. The standard InChI is InChI=1S/C6H13NO2.C5H11NO2.ClH/c1-4(2)5(7)6(8)9-3;1-3(2)4(6)5(7)8;/h4-5H,7H2,1-3H3;3-4H,6H2,1-2H3,(H,7,8);1H. The van der Waals surface area contributed by atoms with Gasteiger partial charge in [-0.05, 0) is 11.8 Å². The number of carbonyl (C=O) groups excluding carboxylic acids is 1. The molecule has 0 fully saturated rings. The highest BCUT2D eigenvalue weighted by Gasteiger charge is 2.16. The lowest BCUT2D eigenvalue weighted by molar-refractivity contribution is -0.143. The van der Waals surface area contributed by atoms with E-state index in [1.165, 1.54) is 7.11 Å². The molecule has 5 N–H and O–H groups in total. The zero-order chi connectivity index (χ0) is 14.2. The third kappa shape index (κ3) is 10.3. The normalized spacial score (nSPS) is 12.9. The molecular formula is C11H25ClN2O4. The Hall–Kier alpha value is -0.850. The number of ether oxygens (including phenoxy) is 1. The molecule has 0 aromatic rings. The van der Waals surface area contributed by atoms with E-state index in [2.05, 4.69) is 4.74 Å². The zero-order valence-electron chi connectivity index (χ0n) is 11.5. The number of hydrogen-bond acceptors (Lipinski definition) is 5. The van der Waals surface area contributed by atoms with E-state index in [1.54, 1.807) is 13.8 Å². The van der Waals surface area contributed by atoms with Gasteiger partial charge in [0.05, 0.1) is 7.11 Å². The van der Waals surface area contributed by atoms with Gasteiger partial charge in [0.2, 0.25) is 0 Å². The summed E-state index contributed by atoms with van der Waals surface area (Å²) in [4.78, 5) is 20.6. The van der Waals surface area contributed by atoms with Gasteiger partial charge in [0, 0.05) is 0 Å². The SMILES string of the molecule is CC(C)C(N)C(=O)O.COC(=O)C(N)C(C)C.Cl. The van der Waals surface area contributed by atoms with Crippen LogP contribution in [0.25, 0.3) is 0 Å². The highest BCUT2D eigenvalue weighted by molar-refractivity contribution is 5.85. The molecule has 7 heteroatoms. The fourth-order valence-corrected chi connectivity index (χ4v) is 0.693. The lowest BCUT2D eigenvalue weighted by Crippen LogP contribution is -2.36. The van der Waals surface area contributed by atoms with Crippen molar-refractivity contribution in [3.8, 4) is 0 Å². The van der Waals surface area contributed by atoms with E-state index in [4.69, 9.17) is 16.6 Å². The van der Waals surface area contributed by atoms with E-state index in [0.717, 1.165) is 0 Å². The molecule has 0 heterocycles. The number of carboxylic acids is 1. The first-order valence-corrected chi connectivity index (χ1v) is 5.46. The number of rotatable bonds is 4. The van der Waals surface area contributed by atoms with Gasteiger partial charge in [-0.1, -0.05) is 27.7 Å². The maximum Gasteiger partial charge on any atom is 0.322 e. The third-order valence-electron chi connectivity index (χ3n) is 2.19. The third-order valence-corrected chi connectivity index (χ3v) is 2.19. The second kappa shape index (κ2) is 11.3. The van der Waals surface area contributed by atoms with Gasteiger partial charge in [-0.2, -0.15) is 0 Å². The van der Waals surface area contributed by atoms with Crippen LogP contribution in [-0.4, -0.2) is 36.2 Å². The van der Waals surface area contributed by atoms with Crippen LogP contribution in [0, 0.1) is 11.8 Å². The van der Waals surface area contributed by atoms with Crippen LogP contribution in [0.1, 0.15) is 27.7 Å². The molecule has 2 atom stereocenters. The topological polar surface area (TPSA) is 116 Å². The van der Waals surface area contributed by atoms with Gasteiger partial charge in [-0.15, -0.1) is 12.4 Å². The van der Waals surface area contributed by atoms with Crippen molar-refractivity contribution in [2.24, 2.45) is 23.3 Å². The van der Waals surface area contributed by atoms with E-state index >= 15 is 0 Å². The molecule has 0 amide bonds. The molecule has 0 aromatic carbocycles. The average Bonchev–Trinajstić information content (AvgIpc) is 2.26. The van der Waals surface area contributed by atoms with Crippen molar-refractivity contribution in [1.29, 1.82) is 0 Å². The molecule has 0 aromatic heterocycles. The van der Waals surface area contributed by atoms with Crippen LogP contribution in [0.5, 0.6) is 0 Å². The number of halogens is 1. The first-order valence-electron chi connectivity index (χ1n) is 5.46. The molecule has 110 valence electrons. The van der Waals surface area contributed by atoms with E-state index in [9.17, 15) is 9.59 Å². The highest BCUT2D eigenvalue weighted by atomic mass is 35.5. The Labute approximate surface area is 114 Å². The summed E-state index contributed by atoms with van der Waals surface area (Å²) in [5.74, 6) is -1.10. The summed E-state index contributed by atoms with van der Waals surface area (Å²) >= 11 is 0. The van der Waals surface area contributed by atoms with Crippen LogP contribution in [0.3, 0.4) is 0 Å². The molecule has 0 aliphatic heterocycles. The van der Waals surface area contributed by atoms with Crippen LogP contribution in [0.15, 0.2) is 0 Å². The number of nitrogens with two attached hydrogens (primary N) is 2. The smallest absolute Gasteiger partial charge is 0.322 e. The molecule has 18 heavy (non-hydrogen) atoms. The Morgan fingerprint density at radius 3 is 1.39 bits per heavy atom. The summed E-state index contributed by atoms with van der Waals surface area (Å²) in [6.45, 7) is 7.31. The average molecular weight is 285 g/mol. The molecule has 0 saturated heterocycles. The largest absolute Gasteiger partial charge is 0.480 e. The van der Waals surface area contributed by atoms with Gasteiger partial charge in [0.1, 0.15) is 12.1 Å². The van der Waals surface area contributed by atoms with Crippen molar-refractivity contribution in [2.45, 2.75) is 39.8 Å².